The monoisotopic (exact) mass is 484 g/mol. The van der Waals surface area contributed by atoms with Crippen molar-refractivity contribution >= 4 is 56.5 Å². The molecule has 3 heterocycles. The van der Waals surface area contributed by atoms with Crippen molar-refractivity contribution in [3.63, 3.8) is 0 Å². The maximum Gasteiger partial charge on any atom is -0.147 e. The molecule has 2 aliphatic rings. The van der Waals surface area contributed by atoms with Crippen molar-refractivity contribution in [2.24, 2.45) is 0 Å². The molecule has 8 nitrogen and oxygen atoms in total. The molecule has 2 aromatic rings. The topological polar surface area (TPSA) is 77.0 Å². The molecule has 4 rings (SSSR count). The van der Waals surface area contributed by atoms with Crippen LogP contribution in [0.3, 0.4) is 0 Å². The van der Waals surface area contributed by atoms with E-state index in [-0.39, 0.29) is 24.4 Å². The minimum atomic E-state index is -0.254. The van der Waals surface area contributed by atoms with Crippen LogP contribution in [0.2, 0.25) is 0 Å². The molecule has 0 radical (unpaired) electrons. The third kappa shape index (κ3) is 4.39. The minimum Gasteiger partial charge on any atom is -0.147 e. The van der Waals surface area contributed by atoms with Gasteiger partial charge in [-0.05, 0) is 0 Å². The number of aromatic nitrogens is 2. The Morgan fingerprint density at radius 3 is 2.45 bits per heavy atom. The Kier molecular flexibility index (Phi) is 7.09. The van der Waals surface area contributed by atoms with E-state index >= 15 is 0 Å². The van der Waals surface area contributed by atoms with Gasteiger partial charge in [-0.3, -0.25) is 0 Å². The van der Waals surface area contributed by atoms with Crippen molar-refractivity contribution in [2.45, 2.75) is 18.9 Å². The van der Waals surface area contributed by atoms with E-state index in [1.54, 1.807) is 14.2 Å². The zero-order chi connectivity index (χ0) is 19.7. The van der Waals surface area contributed by atoms with E-state index in [4.69, 9.17) is 24.2 Å². The Morgan fingerprint density at radius 1 is 1.14 bits per heavy atom. The number of carbonyl (C=O) groups excluding carboxylic acids is 1. The first-order valence-corrected chi connectivity index (χ1v) is 10.7. The molecule has 1 aromatic heterocycles. The van der Waals surface area contributed by atoms with E-state index in [0.717, 1.165) is 28.2 Å². The number of piperazine rings is 1. The van der Waals surface area contributed by atoms with Crippen LogP contribution < -0.4 is 18.9 Å². The number of nitrogens with zero attached hydrogens (tertiary/aromatic N) is 4. The first-order valence-electron chi connectivity index (χ1n) is 9.45. The number of anilines is 1. The average molecular weight is 485 g/mol. The van der Waals surface area contributed by atoms with Crippen molar-refractivity contribution in [1.29, 1.82) is 0 Å². The molecule has 0 bridgehead atoms. The molecule has 0 spiro atoms. The van der Waals surface area contributed by atoms with Crippen LogP contribution in [0.4, 0.5) is 5.95 Å². The molecule has 0 saturated carbocycles. The van der Waals surface area contributed by atoms with Gasteiger partial charge in [-0.2, -0.15) is 0 Å². The van der Waals surface area contributed by atoms with Gasteiger partial charge >= 0.3 is 172 Å². The van der Waals surface area contributed by atoms with E-state index in [0.29, 0.717) is 50.2 Å². The molecule has 10 heteroatoms. The summed E-state index contributed by atoms with van der Waals surface area (Å²) in [5.41, 5.74) is 0.833. The van der Waals surface area contributed by atoms with Gasteiger partial charge in [-0.1, -0.05) is 0 Å². The molecule has 2 saturated heterocycles. The SMILES string of the molecule is COc1cc2nc(N3CCN(C(=O)C4CCCO4)CC3)nc([AsH2])c2cc1OC.Cl. The van der Waals surface area contributed by atoms with Crippen molar-refractivity contribution in [3.8, 4) is 11.5 Å². The van der Waals surface area contributed by atoms with Crippen LogP contribution in [0.5, 0.6) is 11.5 Å². The van der Waals surface area contributed by atoms with Crippen LogP contribution >= 0.6 is 12.4 Å². The number of hydrogen-bond acceptors (Lipinski definition) is 7. The zero-order valence-corrected chi connectivity index (χ0v) is 19.8. The Balaban J connectivity index is 0.00000240. The average Bonchev–Trinajstić information content (AvgIpc) is 3.27. The van der Waals surface area contributed by atoms with Crippen LogP contribution in [-0.2, 0) is 9.53 Å². The van der Waals surface area contributed by atoms with Gasteiger partial charge in [0.1, 0.15) is 0 Å². The van der Waals surface area contributed by atoms with E-state index < -0.39 is 0 Å². The molecule has 158 valence electrons. The minimum absolute atomic E-state index is 0. The maximum atomic E-state index is 12.5. The van der Waals surface area contributed by atoms with Gasteiger partial charge in [0.05, 0.1) is 0 Å². The van der Waals surface area contributed by atoms with Crippen LogP contribution in [0.1, 0.15) is 12.8 Å². The third-order valence-corrected chi connectivity index (χ3v) is 6.22. The smallest absolute Gasteiger partial charge is 0.147 e. The molecule has 0 N–H and O–H groups in total. The Morgan fingerprint density at radius 2 is 1.83 bits per heavy atom. The summed E-state index contributed by atoms with van der Waals surface area (Å²) in [7, 11) is 3.24. The summed E-state index contributed by atoms with van der Waals surface area (Å²) in [4.78, 5) is 26.0. The number of ether oxygens (including phenoxy) is 3. The van der Waals surface area contributed by atoms with Crippen LogP contribution in [-0.4, -0.2) is 90.7 Å². The fourth-order valence-corrected chi connectivity index (χ4v) is 4.44. The third-order valence-electron chi connectivity index (χ3n) is 5.30. The van der Waals surface area contributed by atoms with Gasteiger partial charge in [0.2, 0.25) is 0 Å². The Labute approximate surface area is 184 Å². The Bertz CT molecular complexity index is 886. The molecule has 2 unspecified atom stereocenters. The molecule has 2 fully saturated rings. The van der Waals surface area contributed by atoms with E-state index in [1.807, 2.05) is 17.0 Å². The molecular formula is C19H26AsClN4O4. The summed E-state index contributed by atoms with van der Waals surface area (Å²) in [6.45, 7) is 3.44. The molecule has 2 aliphatic heterocycles. The summed E-state index contributed by atoms with van der Waals surface area (Å²) in [5.74, 6) is 2.14. The zero-order valence-electron chi connectivity index (χ0n) is 16.6. The first kappa shape index (κ1) is 21.9. The molecule has 1 amide bonds. The van der Waals surface area contributed by atoms with Gasteiger partial charge in [0.15, 0.2) is 0 Å². The normalized spacial score (nSPS) is 19.2. The number of benzene rings is 1. The van der Waals surface area contributed by atoms with Gasteiger partial charge in [-0.25, -0.2) is 0 Å². The summed E-state index contributed by atoms with van der Waals surface area (Å²) in [5, 5.41) is 0.966. The van der Waals surface area contributed by atoms with Crippen LogP contribution in [0.15, 0.2) is 12.1 Å². The summed E-state index contributed by atoms with van der Waals surface area (Å²) < 4.78 is 17.3. The van der Waals surface area contributed by atoms with Crippen LogP contribution in [0, 0.1) is 0 Å². The van der Waals surface area contributed by atoms with Crippen molar-refractivity contribution in [3.05, 3.63) is 12.1 Å². The molecular weight excluding hydrogens is 459 g/mol. The quantitative estimate of drug-likeness (QED) is 0.572. The first-order chi connectivity index (χ1) is 13.6. The molecule has 1 aromatic carbocycles. The largest absolute Gasteiger partial charge is 0.147 e. The predicted molar refractivity (Wildman–Crippen MR) is 116 cm³/mol. The second-order valence-corrected chi connectivity index (χ2v) is 8.09. The van der Waals surface area contributed by atoms with Gasteiger partial charge in [-0.15, -0.1) is 12.4 Å². The van der Waals surface area contributed by atoms with E-state index in [1.165, 1.54) is 16.9 Å². The number of hydrogen-bond donors (Lipinski definition) is 0. The number of methoxy groups -OCH3 is 2. The van der Waals surface area contributed by atoms with Crippen molar-refractivity contribution < 1.29 is 19.0 Å². The standard InChI is InChI=1S/C19H25AsN4O4.ClH/c1-26-15-10-12-13(11-16(15)27-2)21-19(22-17(12)20)24-7-5-23(6-8-24)18(25)14-4-3-9-28-14;/h10-11,14H,3-9,20H2,1-2H3;1H. The van der Waals surface area contributed by atoms with Crippen molar-refractivity contribution in [2.75, 3.05) is 51.9 Å². The summed E-state index contributed by atoms with van der Waals surface area (Å²) in [6, 6.07) is 3.81. The fraction of sp³-hybridized carbons (Fsp3) is 0.526. The van der Waals surface area contributed by atoms with Gasteiger partial charge in [0, 0.05) is 0 Å². The fourth-order valence-electron chi connectivity index (χ4n) is 3.71. The van der Waals surface area contributed by atoms with Crippen molar-refractivity contribution in [1.82, 2.24) is 14.9 Å². The second-order valence-electron chi connectivity index (χ2n) is 6.95. The number of amides is 1. The Hall–Kier alpha value is -1.76. The molecule has 2 atom stereocenters. The number of fused-ring (bicyclic) bond motifs is 1. The van der Waals surface area contributed by atoms with Gasteiger partial charge < -0.3 is 0 Å². The number of rotatable bonds is 4. The maximum absolute atomic E-state index is 12.5. The van der Waals surface area contributed by atoms with Crippen LogP contribution in [0.25, 0.3) is 10.9 Å². The second kappa shape index (κ2) is 9.37. The summed E-state index contributed by atoms with van der Waals surface area (Å²) in [6.07, 6.45) is 1.55. The number of halogens is 1. The predicted octanol–water partition coefficient (Wildman–Crippen LogP) is 0.155. The van der Waals surface area contributed by atoms with E-state index in [2.05, 4.69) is 4.90 Å². The van der Waals surface area contributed by atoms with Gasteiger partial charge in [0.25, 0.3) is 0 Å². The molecule has 29 heavy (non-hydrogen) atoms. The molecule has 0 aliphatic carbocycles. The van der Waals surface area contributed by atoms with E-state index in [9.17, 15) is 4.79 Å². The number of carbonyl (C=O) groups is 1. The summed E-state index contributed by atoms with van der Waals surface area (Å²) >= 11 is 1.44.